The second kappa shape index (κ2) is 7.09. The Morgan fingerprint density at radius 3 is 2.52 bits per heavy atom. The van der Waals surface area contributed by atoms with Crippen LogP contribution in [-0.4, -0.2) is 25.0 Å². The first-order valence-electron chi connectivity index (χ1n) is 9.19. The van der Waals surface area contributed by atoms with Crippen molar-refractivity contribution < 1.29 is 5.11 Å². The molecule has 0 atom stereocenters. The molecule has 2 aromatic carbocycles. The number of H-pyrrole nitrogens is 1. The summed E-state index contributed by atoms with van der Waals surface area (Å²) in [6.07, 6.45) is 5.35. The highest BCUT2D eigenvalue weighted by Gasteiger charge is 2.18. The van der Waals surface area contributed by atoms with Crippen LogP contribution < -0.4 is 4.90 Å². The number of aromatic nitrogens is 4. The van der Waals surface area contributed by atoms with E-state index < -0.39 is 0 Å². The van der Waals surface area contributed by atoms with E-state index in [1.165, 1.54) is 0 Å². The van der Waals surface area contributed by atoms with Crippen molar-refractivity contribution >= 4 is 28.2 Å². The number of nitrogens with zero attached hydrogens (tertiary/aromatic N) is 4. The van der Waals surface area contributed by atoms with Crippen LogP contribution in [0.3, 0.4) is 0 Å². The fourth-order valence-corrected chi connectivity index (χ4v) is 3.41. The van der Waals surface area contributed by atoms with Crippen molar-refractivity contribution in [3.63, 3.8) is 0 Å². The predicted octanol–water partition coefficient (Wildman–Crippen LogP) is 5.20. The molecule has 0 unspecified atom stereocenters. The van der Waals surface area contributed by atoms with Crippen molar-refractivity contribution in [2.45, 2.75) is 0 Å². The van der Waals surface area contributed by atoms with Crippen LogP contribution in [0.2, 0.25) is 0 Å². The molecule has 5 rings (SSSR count). The van der Waals surface area contributed by atoms with Crippen LogP contribution in [-0.2, 0) is 0 Å². The Labute approximate surface area is 167 Å². The van der Waals surface area contributed by atoms with E-state index >= 15 is 0 Å². The molecule has 3 heterocycles. The maximum atomic E-state index is 10.4. The fraction of sp³-hybridized carbons (Fsp3) is 0. The van der Waals surface area contributed by atoms with Crippen molar-refractivity contribution in [1.29, 1.82) is 0 Å². The zero-order chi connectivity index (χ0) is 19.6. The molecular formula is C23H17N5O. The summed E-state index contributed by atoms with van der Waals surface area (Å²) in [6.45, 7) is 0. The molecule has 140 valence electrons. The summed E-state index contributed by atoms with van der Waals surface area (Å²) in [5.74, 6) is 0.272. The first kappa shape index (κ1) is 16.9. The third-order valence-corrected chi connectivity index (χ3v) is 4.69. The summed E-state index contributed by atoms with van der Waals surface area (Å²) in [6, 6.07) is 23.1. The predicted molar refractivity (Wildman–Crippen MR) is 113 cm³/mol. The molecule has 0 aliphatic rings. The molecule has 29 heavy (non-hydrogen) atoms. The van der Waals surface area contributed by atoms with Crippen molar-refractivity contribution in [2.24, 2.45) is 0 Å². The number of aromatic hydroxyl groups is 1. The minimum absolute atomic E-state index is 0.0950. The topological polar surface area (TPSA) is 77.9 Å². The van der Waals surface area contributed by atoms with E-state index in [0.29, 0.717) is 11.6 Å². The maximum Gasteiger partial charge on any atom is 0.238 e. The number of rotatable bonds is 4. The Morgan fingerprint density at radius 1 is 0.828 bits per heavy atom. The third kappa shape index (κ3) is 3.17. The molecule has 2 N–H and O–H groups in total. The van der Waals surface area contributed by atoms with Gasteiger partial charge in [0, 0.05) is 40.6 Å². The van der Waals surface area contributed by atoms with E-state index in [4.69, 9.17) is 4.98 Å². The molecule has 0 saturated heterocycles. The number of aromatic amines is 1. The molecule has 0 aliphatic carbocycles. The quantitative estimate of drug-likeness (QED) is 0.449. The first-order chi connectivity index (χ1) is 14.3. The summed E-state index contributed by atoms with van der Waals surface area (Å²) in [7, 11) is 0. The van der Waals surface area contributed by atoms with E-state index in [1.54, 1.807) is 18.5 Å². The lowest BCUT2D eigenvalue weighted by atomic mass is 10.1. The standard InChI is InChI=1S/C23H17N5O/c29-22-14-21(18-9-4-10-20-19(18)11-13-25-20)26-23(27-22)28(16-6-2-1-3-7-16)17-8-5-12-24-15-17/h1-15,25H,(H,26,27,29). The second-order valence-electron chi connectivity index (χ2n) is 6.54. The van der Waals surface area contributed by atoms with Crippen LogP contribution in [0.4, 0.5) is 17.3 Å². The van der Waals surface area contributed by atoms with E-state index in [-0.39, 0.29) is 5.88 Å². The number of fused-ring (bicyclic) bond motifs is 1. The number of nitrogens with one attached hydrogen (secondary N) is 1. The van der Waals surface area contributed by atoms with Gasteiger partial charge in [-0.25, -0.2) is 4.98 Å². The van der Waals surface area contributed by atoms with Gasteiger partial charge in [0.2, 0.25) is 11.8 Å². The lowest BCUT2D eigenvalue weighted by molar-refractivity contribution is 0.453. The molecular weight excluding hydrogens is 362 g/mol. The number of benzene rings is 2. The lowest BCUT2D eigenvalue weighted by Crippen LogP contribution is -2.13. The van der Waals surface area contributed by atoms with E-state index in [1.807, 2.05) is 77.8 Å². The SMILES string of the molecule is Oc1cc(-c2cccc3[nH]ccc23)nc(N(c2ccccc2)c2cccnc2)n1. The summed E-state index contributed by atoms with van der Waals surface area (Å²) in [5.41, 5.74) is 4.24. The maximum absolute atomic E-state index is 10.4. The van der Waals surface area contributed by atoms with Crippen molar-refractivity contribution in [3.8, 4) is 17.1 Å². The molecule has 3 aromatic heterocycles. The van der Waals surface area contributed by atoms with Gasteiger partial charge in [0.1, 0.15) is 0 Å². The molecule has 0 amide bonds. The Kier molecular flexibility index (Phi) is 4.14. The van der Waals surface area contributed by atoms with Crippen molar-refractivity contribution in [2.75, 3.05) is 4.90 Å². The minimum Gasteiger partial charge on any atom is -0.493 e. The number of pyridine rings is 1. The molecule has 0 saturated carbocycles. The Hall–Kier alpha value is -4.19. The number of anilines is 3. The summed E-state index contributed by atoms with van der Waals surface area (Å²) in [4.78, 5) is 18.4. The average Bonchev–Trinajstić information content (AvgIpc) is 3.24. The molecule has 0 bridgehead atoms. The second-order valence-corrected chi connectivity index (χ2v) is 6.54. The number of hydrogen-bond donors (Lipinski definition) is 2. The Morgan fingerprint density at radius 2 is 1.69 bits per heavy atom. The average molecular weight is 379 g/mol. The molecule has 0 spiro atoms. The zero-order valence-corrected chi connectivity index (χ0v) is 15.4. The molecule has 5 aromatic rings. The first-order valence-corrected chi connectivity index (χ1v) is 9.19. The van der Waals surface area contributed by atoms with Gasteiger partial charge in [0.15, 0.2) is 0 Å². The van der Waals surface area contributed by atoms with Crippen LogP contribution in [0.5, 0.6) is 5.88 Å². The van der Waals surface area contributed by atoms with Gasteiger partial charge in [-0.05, 0) is 36.4 Å². The van der Waals surface area contributed by atoms with Crippen LogP contribution in [0.25, 0.3) is 22.2 Å². The minimum atomic E-state index is -0.0950. The van der Waals surface area contributed by atoms with Gasteiger partial charge < -0.3 is 10.1 Å². The van der Waals surface area contributed by atoms with Crippen molar-refractivity contribution in [3.05, 3.63) is 91.4 Å². The van der Waals surface area contributed by atoms with Crippen LogP contribution in [0.1, 0.15) is 0 Å². The summed E-state index contributed by atoms with van der Waals surface area (Å²) < 4.78 is 0. The highest BCUT2D eigenvalue weighted by atomic mass is 16.3. The van der Waals surface area contributed by atoms with Gasteiger partial charge in [-0.3, -0.25) is 9.88 Å². The van der Waals surface area contributed by atoms with E-state index in [9.17, 15) is 5.11 Å². The summed E-state index contributed by atoms with van der Waals surface area (Å²) in [5, 5.41) is 11.5. The largest absolute Gasteiger partial charge is 0.493 e. The van der Waals surface area contributed by atoms with Gasteiger partial charge in [0.05, 0.1) is 17.6 Å². The fourth-order valence-electron chi connectivity index (χ4n) is 3.41. The van der Waals surface area contributed by atoms with Crippen LogP contribution in [0.15, 0.2) is 91.4 Å². The number of hydrogen-bond acceptors (Lipinski definition) is 5. The third-order valence-electron chi connectivity index (χ3n) is 4.69. The smallest absolute Gasteiger partial charge is 0.238 e. The number of para-hydroxylation sites is 1. The normalized spacial score (nSPS) is 10.9. The highest BCUT2D eigenvalue weighted by molar-refractivity contribution is 5.94. The lowest BCUT2D eigenvalue weighted by Gasteiger charge is -2.23. The van der Waals surface area contributed by atoms with E-state index in [2.05, 4.69) is 15.0 Å². The molecule has 6 nitrogen and oxygen atoms in total. The van der Waals surface area contributed by atoms with Gasteiger partial charge in [0.25, 0.3) is 0 Å². The van der Waals surface area contributed by atoms with Crippen LogP contribution >= 0.6 is 0 Å². The Bertz CT molecular complexity index is 1230. The zero-order valence-electron chi connectivity index (χ0n) is 15.4. The van der Waals surface area contributed by atoms with Gasteiger partial charge in [-0.15, -0.1) is 0 Å². The van der Waals surface area contributed by atoms with E-state index in [0.717, 1.165) is 27.8 Å². The van der Waals surface area contributed by atoms with Gasteiger partial charge in [-0.2, -0.15) is 4.98 Å². The van der Waals surface area contributed by atoms with Gasteiger partial charge in [-0.1, -0.05) is 30.3 Å². The van der Waals surface area contributed by atoms with Crippen molar-refractivity contribution in [1.82, 2.24) is 19.9 Å². The molecule has 6 heteroatoms. The molecule has 0 fully saturated rings. The monoisotopic (exact) mass is 379 g/mol. The summed E-state index contributed by atoms with van der Waals surface area (Å²) >= 11 is 0. The van der Waals surface area contributed by atoms with Gasteiger partial charge >= 0.3 is 0 Å². The van der Waals surface area contributed by atoms with Crippen LogP contribution in [0, 0.1) is 0 Å². The highest BCUT2D eigenvalue weighted by Crippen LogP contribution is 2.35. The Balaban J connectivity index is 1.71. The molecule has 0 radical (unpaired) electrons. The molecule has 0 aliphatic heterocycles.